The summed E-state index contributed by atoms with van der Waals surface area (Å²) in [6, 6.07) is 20.0. The molecule has 0 saturated heterocycles. The van der Waals surface area contributed by atoms with Crippen molar-refractivity contribution in [2.75, 3.05) is 0 Å². The maximum atomic E-state index is 9.88. The summed E-state index contributed by atoms with van der Waals surface area (Å²) in [6.45, 7) is 9.41. The first-order valence-electron chi connectivity index (χ1n) is 10.8. The standard InChI is InChI=1S/C27H24N3Si/c1-16-9-10-20-24-18(15-28)7-6-8-21(24)30-22-14-19(31(3,4)5)13-17-11-12-29(2)27(25(17)22)23(16)26(20)30/h6-14H,1-5H3/q+1. The van der Waals surface area contributed by atoms with E-state index in [4.69, 9.17) is 0 Å². The zero-order chi connectivity index (χ0) is 21.7. The molecule has 0 aliphatic heterocycles. The van der Waals surface area contributed by atoms with Gasteiger partial charge in [-0.15, -0.1) is 0 Å². The average molecular weight is 419 g/mol. The molecule has 3 nitrogen and oxygen atoms in total. The molecule has 0 atom stereocenters. The van der Waals surface area contributed by atoms with Crippen LogP contribution >= 0.6 is 0 Å². The van der Waals surface area contributed by atoms with Gasteiger partial charge in [0.25, 0.3) is 0 Å². The van der Waals surface area contributed by atoms with Crippen molar-refractivity contribution in [1.82, 2.24) is 4.40 Å². The number of hydrogen-bond donors (Lipinski definition) is 0. The highest BCUT2D eigenvalue weighted by atomic mass is 28.3. The van der Waals surface area contributed by atoms with Gasteiger partial charge in [-0.1, -0.05) is 49.1 Å². The van der Waals surface area contributed by atoms with E-state index in [-0.39, 0.29) is 0 Å². The highest BCUT2D eigenvalue weighted by Gasteiger charge is 2.26. The van der Waals surface area contributed by atoms with Crippen molar-refractivity contribution >= 4 is 62.3 Å². The molecule has 6 rings (SSSR count). The molecule has 31 heavy (non-hydrogen) atoms. The lowest BCUT2D eigenvalue weighted by Crippen LogP contribution is -2.38. The monoisotopic (exact) mass is 418 g/mol. The average Bonchev–Trinajstić information content (AvgIpc) is 3.08. The predicted octanol–water partition coefficient (Wildman–Crippen LogP) is 5.54. The Bertz CT molecular complexity index is 1740. The third-order valence-corrected chi connectivity index (χ3v) is 8.86. The van der Waals surface area contributed by atoms with Crippen LogP contribution in [0.1, 0.15) is 11.1 Å². The van der Waals surface area contributed by atoms with E-state index in [9.17, 15) is 5.26 Å². The Kier molecular flexibility index (Phi) is 3.46. The van der Waals surface area contributed by atoms with Gasteiger partial charge in [0.05, 0.1) is 47.0 Å². The van der Waals surface area contributed by atoms with Crippen LogP contribution in [0.4, 0.5) is 0 Å². The second-order valence-electron chi connectivity index (χ2n) is 9.79. The molecule has 3 aromatic carbocycles. The first-order valence-corrected chi connectivity index (χ1v) is 14.3. The zero-order valence-electron chi connectivity index (χ0n) is 18.5. The van der Waals surface area contributed by atoms with E-state index in [1.54, 1.807) is 0 Å². The summed E-state index contributed by atoms with van der Waals surface area (Å²) in [4.78, 5) is 0. The number of hydrogen-bond acceptors (Lipinski definition) is 1. The van der Waals surface area contributed by atoms with Crippen molar-refractivity contribution in [3.63, 3.8) is 0 Å². The van der Waals surface area contributed by atoms with Crippen molar-refractivity contribution < 1.29 is 4.57 Å². The Morgan fingerprint density at radius 1 is 0.935 bits per heavy atom. The molecule has 0 aliphatic carbocycles. The molecule has 0 radical (unpaired) electrons. The van der Waals surface area contributed by atoms with E-state index in [1.165, 1.54) is 43.5 Å². The first-order chi connectivity index (χ1) is 14.8. The molecule has 4 heteroatoms. The predicted molar refractivity (Wildman–Crippen MR) is 132 cm³/mol. The lowest BCUT2D eigenvalue weighted by atomic mass is 9.99. The molecule has 150 valence electrons. The fourth-order valence-corrected chi connectivity index (χ4v) is 6.45. The summed E-state index contributed by atoms with van der Waals surface area (Å²) in [7, 11) is 0.613. The van der Waals surface area contributed by atoms with Crippen LogP contribution in [0.15, 0.2) is 54.7 Å². The van der Waals surface area contributed by atoms with Crippen LogP contribution in [0, 0.1) is 18.3 Å². The minimum Gasteiger partial charge on any atom is -0.307 e. The van der Waals surface area contributed by atoms with Gasteiger partial charge in [-0.3, -0.25) is 0 Å². The Balaban J connectivity index is 2.08. The summed E-state index contributed by atoms with van der Waals surface area (Å²) >= 11 is 0. The van der Waals surface area contributed by atoms with Gasteiger partial charge in [0.2, 0.25) is 5.52 Å². The van der Waals surface area contributed by atoms with E-state index < -0.39 is 8.07 Å². The van der Waals surface area contributed by atoms with Crippen molar-refractivity contribution in [2.45, 2.75) is 26.6 Å². The molecule has 0 unspecified atom stereocenters. The molecule has 0 aliphatic rings. The number of nitrogens with zero attached hydrogens (tertiary/aromatic N) is 3. The largest absolute Gasteiger partial charge is 0.307 e. The quantitative estimate of drug-likeness (QED) is 0.149. The van der Waals surface area contributed by atoms with Crippen molar-refractivity contribution in [1.29, 1.82) is 5.26 Å². The minimum atomic E-state index is -1.53. The number of pyridine rings is 2. The maximum absolute atomic E-state index is 9.88. The zero-order valence-corrected chi connectivity index (χ0v) is 19.5. The van der Waals surface area contributed by atoms with Crippen LogP contribution in [0.25, 0.3) is 49.0 Å². The number of rotatable bonds is 1. The number of benzene rings is 3. The summed E-state index contributed by atoms with van der Waals surface area (Å²) in [6.07, 6.45) is 2.19. The summed E-state index contributed by atoms with van der Waals surface area (Å²) in [5.41, 5.74) is 6.86. The van der Waals surface area contributed by atoms with Gasteiger partial charge >= 0.3 is 0 Å². The smallest absolute Gasteiger partial charge is 0.224 e. The maximum Gasteiger partial charge on any atom is 0.224 e. The highest BCUT2D eigenvalue weighted by Crippen LogP contribution is 2.41. The number of aryl methyl sites for hydroxylation is 2. The van der Waals surface area contributed by atoms with E-state index in [0.29, 0.717) is 0 Å². The van der Waals surface area contributed by atoms with E-state index in [0.717, 1.165) is 21.9 Å². The van der Waals surface area contributed by atoms with Crippen LogP contribution in [0.3, 0.4) is 0 Å². The Hall–Kier alpha value is -3.42. The van der Waals surface area contributed by atoms with Gasteiger partial charge in [-0.25, -0.2) is 4.57 Å². The Labute approximate surface area is 182 Å². The van der Waals surface area contributed by atoms with Gasteiger partial charge in [0, 0.05) is 16.8 Å². The highest BCUT2D eigenvalue weighted by molar-refractivity contribution is 6.89. The van der Waals surface area contributed by atoms with Gasteiger partial charge in [-0.05, 0) is 36.1 Å². The summed E-state index contributed by atoms with van der Waals surface area (Å²) < 4.78 is 4.68. The molecule has 0 saturated carbocycles. The molecule has 0 bridgehead atoms. The molecule has 3 aromatic heterocycles. The molecule has 0 N–H and O–H groups in total. The van der Waals surface area contributed by atoms with Gasteiger partial charge in [0.15, 0.2) is 6.20 Å². The minimum absolute atomic E-state index is 0.740. The Morgan fingerprint density at radius 3 is 2.48 bits per heavy atom. The van der Waals surface area contributed by atoms with Crippen molar-refractivity contribution in [2.24, 2.45) is 7.05 Å². The van der Waals surface area contributed by atoms with Gasteiger partial charge < -0.3 is 4.40 Å². The SMILES string of the molecule is Cc1ccc2c3c(C#N)cccc3n3c4cc([Si](C)(C)C)cc5cc[n+](C)c(c1c23)c54. The molecular formula is C27H24N3Si+. The van der Waals surface area contributed by atoms with Crippen molar-refractivity contribution in [3.8, 4) is 6.07 Å². The molecule has 0 fully saturated rings. The van der Waals surface area contributed by atoms with Gasteiger partial charge in [0.1, 0.15) is 7.05 Å². The first kappa shape index (κ1) is 18.4. The fraction of sp³-hybridized carbons (Fsp3) is 0.185. The Morgan fingerprint density at radius 2 is 1.74 bits per heavy atom. The lowest BCUT2D eigenvalue weighted by molar-refractivity contribution is -0.643. The topological polar surface area (TPSA) is 32.1 Å². The van der Waals surface area contributed by atoms with Crippen LogP contribution < -0.4 is 9.75 Å². The molecule has 3 heterocycles. The third kappa shape index (κ3) is 2.24. The summed E-state index contributed by atoms with van der Waals surface area (Å²) in [5, 5.41) is 17.4. The second-order valence-corrected chi connectivity index (χ2v) is 14.9. The number of aromatic nitrogens is 2. The number of fused-ring (bicyclic) bond motifs is 5. The van der Waals surface area contributed by atoms with Crippen LogP contribution in [-0.4, -0.2) is 12.5 Å². The second kappa shape index (κ2) is 5.84. The van der Waals surface area contributed by atoms with Gasteiger partial charge in [-0.2, -0.15) is 5.26 Å². The van der Waals surface area contributed by atoms with E-state index in [1.807, 2.05) is 12.1 Å². The van der Waals surface area contributed by atoms with Crippen LogP contribution in [-0.2, 0) is 7.05 Å². The molecule has 0 spiro atoms. The van der Waals surface area contributed by atoms with Crippen LogP contribution in [0.2, 0.25) is 19.6 Å². The third-order valence-electron chi connectivity index (χ3n) is 6.84. The van der Waals surface area contributed by atoms with E-state index in [2.05, 4.69) is 91.2 Å². The lowest BCUT2D eigenvalue weighted by Gasteiger charge is -2.20. The van der Waals surface area contributed by atoms with Crippen molar-refractivity contribution in [3.05, 3.63) is 65.9 Å². The molecule has 6 aromatic rings. The normalized spacial score (nSPS) is 12.6. The number of nitriles is 1. The van der Waals surface area contributed by atoms with Crippen LogP contribution in [0.5, 0.6) is 0 Å². The molecule has 0 amide bonds. The molecular weight excluding hydrogens is 394 g/mol. The fourth-order valence-electron chi connectivity index (χ4n) is 5.29. The van der Waals surface area contributed by atoms with E-state index >= 15 is 0 Å². The summed E-state index contributed by atoms with van der Waals surface area (Å²) in [5.74, 6) is 0.